The van der Waals surface area contributed by atoms with Gasteiger partial charge in [-0.25, -0.2) is 0 Å². The average molecular weight is 249 g/mol. The van der Waals surface area contributed by atoms with Gasteiger partial charge >= 0.3 is 0 Å². The highest BCUT2D eigenvalue weighted by atomic mass is 35.5. The average Bonchev–Trinajstić information content (AvgIpc) is 2.88. The van der Waals surface area contributed by atoms with E-state index in [1.165, 1.54) is 29.5 Å². The number of halogens is 1. The summed E-state index contributed by atoms with van der Waals surface area (Å²) in [6.07, 6.45) is 2.49. The molecule has 17 heavy (non-hydrogen) atoms. The van der Waals surface area contributed by atoms with Gasteiger partial charge in [0.25, 0.3) is 0 Å². The molecule has 0 spiro atoms. The fraction of sp³-hybridized carbons (Fsp3) is 0.429. The molecule has 2 heterocycles. The van der Waals surface area contributed by atoms with Gasteiger partial charge in [0.2, 0.25) is 0 Å². The highest BCUT2D eigenvalue weighted by Crippen LogP contribution is 2.35. The molecular formula is C14H17ClN2. The lowest BCUT2D eigenvalue weighted by atomic mass is 10.1. The summed E-state index contributed by atoms with van der Waals surface area (Å²) in [4.78, 5) is 0. The molecule has 3 rings (SSSR count). The number of fused-ring (bicyclic) bond motifs is 1. The minimum Gasteiger partial charge on any atom is -0.345 e. The van der Waals surface area contributed by atoms with Crippen molar-refractivity contribution in [3.05, 3.63) is 34.5 Å². The van der Waals surface area contributed by atoms with E-state index in [9.17, 15) is 0 Å². The van der Waals surface area contributed by atoms with E-state index in [1.807, 2.05) is 12.1 Å². The van der Waals surface area contributed by atoms with Crippen molar-refractivity contribution in [2.24, 2.45) is 7.05 Å². The molecule has 1 atom stereocenters. The second kappa shape index (κ2) is 4.04. The van der Waals surface area contributed by atoms with Crippen molar-refractivity contribution in [3.8, 4) is 0 Å². The Kier molecular flexibility index (Phi) is 2.64. The first-order valence-corrected chi connectivity index (χ1v) is 6.54. The minimum atomic E-state index is 0.489. The summed E-state index contributed by atoms with van der Waals surface area (Å²) in [6, 6.07) is 6.65. The number of para-hydroxylation sites is 1. The van der Waals surface area contributed by atoms with Crippen LogP contribution in [0.4, 0.5) is 0 Å². The van der Waals surface area contributed by atoms with Crippen LogP contribution in [-0.2, 0) is 7.05 Å². The quantitative estimate of drug-likeness (QED) is 0.817. The summed E-state index contributed by atoms with van der Waals surface area (Å²) in [7, 11) is 2.12. The van der Waals surface area contributed by atoms with E-state index < -0.39 is 0 Å². The van der Waals surface area contributed by atoms with Gasteiger partial charge < -0.3 is 9.88 Å². The molecule has 1 aromatic carbocycles. The lowest BCUT2D eigenvalue weighted by Gasteiger charge is -2.13. The van der Waals surface area contributed by atoms with Crippen LogP contribution in [0.25, 0.3) is 10.9 Å². The Labute approximate surface area is 107 Å². The molecule has 90 valence electrons. The Hall–Kier alpha value is -0.990. The van der Waals surface area contributed by atoms with Crippen LogP contribution in [0.2, 0.25) is 5.02 Å². The van der Waals surface area contributed by atoms with Crippen molar-refractivity contribution in [2.75, 3.05) is 6.54 Å². The predicted octanol–water partition coefficient (Wildman–Crippen LogP) is 3.56. The highest BCUT2D eigenvalue weighted by Gasteiger charge is 2.23. The molecule has 1 N–H and O–H groups in total. The van der Waals surface area contributed by atoms with Crippen molar-refractivity contribution >= 4 is 22.5 Å². The molecule has 0 saturated carbocycles. The van der Waals surface area contributed by atoms with Gasteiger partial charge in [0.15, 0.2) is 0 Å². The van der Waals surface area contributed by atoms with Crippen molar-refractivity contribution < 1.29 is 0 Å². The molecule has 1 aromatic heterocycles. The van der Waals surface area contributed by atoms with E-state index in [4.69, 9.17) is 11.6 Å². The van der Waals surface area contributed by atoms with Crippen LogP contribution >= 0.6 is 11.6 Å². The van der Waals surface area contributed by atoms with Gasteiger partial charge in [-0.1, -0.05) is 23.7 Å². The maximum absolute atomic E-state index is 6.31. The first kappa shape index (κ1) is 11.1. The third-order valence-electron chi connectivity index (χ3n) is 3.86. The SMILES string of the molecule is Cc1c(C2CCCN2)n(C)c2c(Cl)cccc12. The fourth-order valence-corrected chi connectivity index (χ4v) is 3.38. The zero-order chi connectivity index (χ0) is 12.0. The lowest BCUT2D eigenvalue weighted by molar-refractivity contribution is 0.600. The summed E-state index contributed by atoms with van der Waals surface area (Å²) < 4.78 is 2.26. The van der Waals surface area contributed by atoms with Crippen LogP contribution in [0.1, 0.15) is 30.1 Å². The number of benzene rings is 1. The van der Waals surface area contributed by atoms with Gasteiger partial charge in [-0.15, -0.1) is 0 Å². The van der Waals surface area contributed by atoms with Crippen molar-refractivity contribution in [1.29, 1.82) is 0 Å². The van der Waals surface area contributed by atoms with Gasteiger partial charge in [-0.3, -0.25) is 0 Å². The Morgan fingerprint density at radius 1 is 1.41 bits per heavy atom. The molecular weight excluding hydrogens is 232 g/mol. The topological polar surface area (TPSA) is 17.0 Å². The van der Waals surface area contributed by atoms with Crippen molar-refractivity contribution in [1.82, 2.24) is 9.88 Å². The normalized spacial score (nSPS) is 20.3. The van der Waals surface area contributed by atoms with Crippen LogP contribution in [0.15, 0.2) is 18.2 Å². The second-order valence-electron chi connectivity index (χ2n) is 4.85. The zero-order valence-electron chi connectivity index (χ0n) is 10.3. The van der Waals surface area contributed by atoms with E-state index in [-0.39, 0.29) is 0 Å². The Morgan fingerprint density at radius 2 is 2.24 bits per heavy atom. The minimum absolute atomic E-state index is 0.489. The number of aryl methyl sites for hydroxylation is 2. The van der Waals surface area contributed by atoms with E-state index in [1.54, 1.807) is 0 Å². The zero-order valence-corrected chi connectivity index (χ0v) is 11.0. The lowest BCUT2D eigenvalue weighted by Crippen LogP contribution is -2.16. The largest absolute Gasteiger partial charge is 0.345 e. The van der Waals surface area contributed by atoms with Gasteiger partial charge in [-0.2, -0.15) is 0 Å². The van der Waals surface area contributed by atoms with Crippen molar-refractivity contribution in [2.45, 2.75) is 25.8 Å². The van der Waals surface area contributed by atoms with Crippen molar-refractivity contribution in [3.63, 3.8) is 0 Å². The number of rotatable bonds is 1. The van der Waals surface area contributed by atoms with E-state index >= 15 is 0 Å². The number of aromatic nitrogens is 1. The van der Waals surface area contributed by atoms with Crippen LogP contribution in [-0.4, -0.2) is 11.1 Å². The maximum Gasteiger partial charge on any atom is 0.0672 e. The number of hydrogen-bond donors (Lipinski definition) is 1. The van der Waals surface area contributed by atoms with E-state index in [0.717, 1.165) is 17.1 Å². The van der Waals surface area contributed by atoms with Gasteiger partial charge in [0.05, 0.1) is 10.5 Å². The Bertz CT molecular complexity index is 565. The third-order valence-corrected chi connectivity index (χ3v) is 4.17. The van der Waals surface area contributed by atoms with E-state index in [2.05, 4.69) is 29.9 Å². The van der Waals surface area contributed by atoms with Gasteiger partial charge in [0, 0.05) is 24.2 Å². The molecule has 0 radical (unpaired) electrons. The third kappa shape index (κ3) is 1.59. The summed E-state index contributed by atoms with van der Waals surface area (Å²) in [5.74, 6) is 0. The molecule has 0 bridgehead atoms. The van der Waals surface area contributed by atoms with Crippen LogP contribution in [0, 0.1) is 6.92 Å². The smallest absolute Gasteiger partial charge is 0.0672 e. The molecule has 0 amide bonds. The predicted molar refractivity (Wildman–Crippen MR) is 72.6 cm³/mol. The summed E-state index contributed by atoms with van der Waals surface area (Å²) in [5, 5.41) is 5.70. The number of hydrogen-bond acceptors (Lipinski definition) is 1. The molecule has 1 fully saturated rings. The van der Waals surface area contributed by atoms with Gasteiger partial charge in [-0.05, 0) is 37.9 Å². The first-order chi connectivity index (χ1) is 8.20. The summed E-state index contributed by atoms with van der Waals surface area (Å²) in [6.45, 7) is 3.33. The maximum atomic E-state index is 6.31. The Morgan fingerprint density at radius 3 is 2.88 bits per heavy atom. The highest BCUT2D eigenvalue weighted by molar-refractivity contribution is 6.35. The van der Waals surface area contributed by atoms with Crippen LogP contribution < -0.4 is 5.32 Å². The molecule has 1 unspecified atom stereocenters. The van der Waals surface area contributed by atoms with Crippen LogP contribution in [0.3, 0.4) is 0 Å². The number of nitrogens with zero attached hydrogens (tertiary/aromatic N) is 1. The molecule has 1 saturated heterocycles. The van der Waals surface area contributed by atoms with E-state index in [0.29, 0.717) is 6.04 Å². The first-order valence-electron chi connectivity index (χ1n) is 6.17. The number of nitrogens with one attached hydrogen (secondary N) is 1. The molecule has 0 aliphatic carbocycles. The standard InChI is InChI=1S/C14H17ClN2/c1-9-10-5-3-6-11(15)14(10)17(2)13(9)12-7-4-8-16-12/h3,5-6,12,16H,4,7-8H2,1-2H3. The van der Waals surface area contributed by atoms with Gasteiger partial charge in [0.1, 0.15) is 0 Å². The van der Waals surface area contributed by atoms with Crippen LogP contribution in [0.5, 0.6) is 0 Å². The summed E-state index contributed by atoms with van der Waals surface area (Å²) >= 11 is 6.31. The molecule has 3 heteroatoms. The molecule has 2 aromatic rings. The molecule has 1 aliphatic rings. The molecule has 2 nitrogen and oxygen atoms in total. The molecule has 1 aliphatic heterocycles. The Balaban J connectivity index is 2.28. The second-order valence-corrected chi connectivity index (χ2v) is 5.26. The summed E-state index contributed by atoms with van der Waals surface area (Å²) in [5.41, 5.74) is 3.92. The monoisotopic (exact) mass is 248 g/mol. The fourth-order valence-electron chi connectivity index (χ4n) is 3.08.